The molecule has 0 bridgehead atoms. The normalized spacial score (nSPS) is 16.0. The van der Waals surface area contributed by atoms with Crippen LogP contribution in [0.3, 0.4) is 0 Å². The van der Waals surface area contributed by atoms with Gasteiger partial charge in [-0.15, -0.1) is 22.7 Å². The summed E-state index contributed by atoms with van der Waals surface area (Å²) in [5.74, 6) is 1.17. The van der Waals surface area contributed by atoms with Crippen molar-refractivity contribution in [1.82, 2.24) is 4.90 Å². The maximum atomic E-state index is 13.5. The van der Waals surface area contributed by atoms with E-state index < -0.39 is 0 Å². The van der Waals surface area contributed by atoms with Crippen molar-refractivity contribution < 1.29 is 14.3 Å². The van der Waals surface area contributed by atoms with E-state index in [1.54, 1.807) is 35.8 Å². The first-order valence-electron chi connectivity index (χ1n) is 9.05. The minimum absolute atomic E-state index is 0.00250. The Morgan fingerprint density at radius 2 is 2.14 bits per heavy atom. The van der Waals surface area contributed by atoms with E-state index in [2.05, 4.69) is 38.8 Å². The average molecular weight is 478 g/mol. The van der Waals surface area contributed by atoms with Gasteiger partial charge in [0.2, 0.25) is 0 Å². The number of halogens is 1. The van der Waals surface area contributed by atoms with E-state index in [0.717, 1.165) is 10.9 Å². The Bertz CT molecular complexity index is 984. The first kappa shape index (κ1) is 19.5. The Morgan fingerprint density at radius 1 is 1.29 bits per heavy atom. The van der Waals surface area contributed by atoms with Crippen LogP contribution in [0.25, 0.3) is 0 Å². The Labute approximate surface area is 180 Å². The van der Waals surface area contributed by atoms with E-state index in [1.807, 2.05) is 24.0 Å². The summed E-state index contributed by atoms with van der Waals surface area (Å²) in [7, 11) is 1.59. The molecule has 146 valence electrons. The summed E-state index contributed by atoms with van der Waals surface area (Å²) in [6, 6.07) is 9.85. The fourth-order valence-electron chi connectivity index (χ4n) is 3.58. The van der Waals surface area contributed by atoms with Crippen LogP contribution >= 0.6 is 38.6 Å². The van der Waals surface area contributed by atoms with E-state index >= 15 is 0 Å². The molecular weight excluding hydrogens is 458 g/mol. The Kier molecular flexibility index (Phi) is 5.75. The van der Waals surface area contributed by atoms with Gasteiger partial charge in [0.1, 0.15) is 0 Å². The molecule has 0 N–H and O–H groups in total. The SMILES string of the molecule is CCOc1c(Br)cc(C(=O)N2CCc3sccc3C2c2cccs2)cc1OC. The molecule has 1 unspecified atom stereocenters. The number of nitrogens with zero attached hydrogens (tertiary/aromatic N) is 1. The first-order valence-corrected chi connectivity index (χ1v) is 11.6. The quantitative estimate of drug-likeness (QED) is 0.468. The molecule has 0 saturated carbocycles. The van der Waals surface area contributed by atoms with Crippen molar-refractivity contribution >= 4 is 44.5 Å². The fourth-order valence-corrected chi connectivity index (χ4v) is 5.90. The molecule has 1 aliphatic rings. The molecular formula is C21H20BrNO3S2. The maximum absolute atomic E-state index is 13.5. The number of carbonyl (C=O) groups is 1. The van der Waals surface area contributed by atoms with Crippen molar-refractivity contribution in [3.05, 3.63) is 66.4 Å². The van der Waals surface area contributed by atoms with Crippen LogP contribution < -0.4 is 9.47 Å². The highest BCUT2D eigenvalue weighted by molar-refractivity contribution is 9.10. The number of fused-ring (bicyclic) bond motifs is 1. The predicted molar refractivity (Wildman–Crippen MR) is 117 cm³/mol. The lowest BCUT2D eigenvalue weighted by Crippen LogP contribution is -2.39. The summed E-state index contributed by atoms with van der Waals surface area (Å²) < 4.78 is 11.9. The summed E-state index contributed by atoms with van der Waals surface area (Å²) in [4.78, 5) is 18.1. The van der Waals surface area contributed by atoms with Gasteiger partial charge < -0.3 is 14.4 Å². The zero-order chi connectivity index (χ0) is 19.7. The molecule has 1 aliphatic heterocycles. The number of hydrogen-bond acceptors (Lipinski definition) is 5. The molecule has 4 nitrogen and oxygen atoms in total. The van der Waals surface area contributed by atoms with Crippen molar-refractivity contribution in [3.8, 4) is 11.5 Å². The summed E-state index contributed by atoms with van der Waals surface area (Å²) >= 11 is 7.00. The van der Waals surface area contributed by atoms with Crippen LogP contribution in [0.2, 0.25) is 0 Å². The van der Waals surface area contributed by atoms with Crippen molar-refractivity contribution in [3.63, 3.8) is 0 Å². The summed E-state index contributed by atoms with van der Waals surface area (Å²) in [6.45, 7) is 3.14. The molecule has 0 radical (unpaired) electrons. The van der Waals surface area contributed by atoms with Gasteiger partial charge in [0.15, 0.2) is 11.5 Å². The minimum atomic E-state index is -0.0427. The number of ether oxygens (including phenoxy) is 2. The number of amides is 1. The lowest BCUT2D eigenvalue weighted by Gasteiger charge is -2.35. The molecule has 1 atom stereocenters. The second kappa shape index (κ2) is 8.27. The van der Waals surface area contributed by atoms with E-state index in [-0.39, 0.29) is 11.9 Å². The molecule has 2 aromatic heterocycles. The van der Waals surface area contributed by atoms with Crippen molar-refractivity contribution in [2.24, 2.45) is 0 Å². The smallest absolute Gasteiger partial charge is 0.254 e. The van der Waals surface area contributed by atoms with Gasteiger partial charge in [0.25, 0.3) is 5.91 Å². The van der Waals surface area contributed by atoms with E-state index in [9.17, 15) is 4.79 Å². The molecule has 28 heavy (non-hydrogen) atoms. The highest BCUT2D eigenvalue weighted by atomic mass is 79.9. The third kappa shape index (κ3) is 3.47. The van der Waals surface area contributed by atoms with Crippen LogP contribution in [0.15, 0.2) is 45.6 Å². The predicted octanol–water partition coefficient (Wildman–Crippen LogP) is 5.77. The first-order chi connectivity index (χ1) is 13.6. The lowest BCUT2D eigenvalue weighted by molar-refractivity contribution is 0.0698. The average Bonchev–Trinajstić information content (AvgIpc) is 3.39. The van der Waals surface area contributed by atoms with Gasteiger partial charge in [-0.05, 0) is 69.9 Å². The molecule has 0 aliphatic carbocycles. The van der Waals surface area contributed by atoms with Crippen LogP contribution in [-0.4, -0.2) is 31.1 Å². The molecule has 7 heteroatoms. The van der Waals surface area contributed by atoms with Gasteiger partial charge >= 0.3 is 0 Å². The molecule has 4 rings (SSSR count). The summed E-state index contributed by atoms with van der Waals surface area (Å²) in [5, 5.41) is 4.19. The van der Waals surface area contributed by atoms with E-state index in [4.69, 9.17) is 9.47 Å². The molecule has 3 aromatic rings. The monoisotopic (exact) mass is 477 g/mol. The van der Waals surface area contributed by atoms with Gasteiger partial charge in [-0.2, -0.15) is 0 Å². The number of carbonyl (C=O) groups excluding carboxylic acids is 1. The third-order valence-corrected chi connectivity index (χ3v) is 7.31. The zero-order valence-corrected chi connectivity index (χ0v) is 18.8. The second-order valence-corrected chi connectivity index (χ2v) is 9.22. The van der Waals surface area contributed by atoms with Crippen LogP contribution in [0.1, 0.15) is 38.6 Å². The maximum Gasteiger partial charge on any atom is 0.254 e. The zero-order valence-electron chi connectivity index (χ0n) is 15.6. The molecule has 0 saturated heterocycles. The van der Waals surface area contributed by atoms with Gasteiger partial charge in [0.05, 0.1) is 24.2 Å². The van der Waals surface area contributed by atoms with Crippen molar-refractivity contribution in [1.29, 1.82) is 0 Å². The van der Waals surface area contributed by atoms with Crippen LogP contribution in [0, 0.1) is 0 Å². The van der Waals surface area contributed by atoms with Crippen LogP contribution in [0.4, 0.5) is 0 Å². The van der Waals surface area contributed by atoms with Gasteiger partial charge in [0, 0.05) is 21.9 Å². The van der Waals surface area contributed by atoms with Gasteiger partial charge in [-0.25, -0.2) is 0 Å². The number of benzene rings is 1. The molecule has 0 fully saturated rings. The number of rotatable bonds is 5. The highest BCUT2D eigenvalue weighted by Crippen LogP contribution is 2.42. The van der Waals surface area contributed by atoms with Crippen LogP contribution in [-0.2, 0) is 6.42 Å². The van der Waals surface area contributed by atoms with Crippen LogP contribution in [0.5, 0.6) is 11.5 Å². The Balaban J connectivity index is 1.74. The van der Waals surface area contributed by atoms with Gasteiger partial charge in [-0.3, -0.25) is 4.79 Å². The van der Waals surface area contributed by atoms with Crippen molar-refractivity contribution in [2.45, 2.75) is 19.4 Å². The van der Waals surface area contributed by atoms with E-state index in [0.29, 0.717) is 30.2 Å². The fraction of sp³-hybridized carbons (Fsp3) is 0.286. The van der Waals surface area contributed by atoms with Crippen molar-refractivity contribution in [2.75, 3.05) is 20.3 Å². The topological polar surface area (TPSA) is 38.8 Å². The molecule has 1 amide bonds. The van der Waals surface area contributed by atoms with E-state index in [1.165, 1.54) is 15.3 Å². The highest BCUT2D eigenvalue weighted by Gasteiger charge is 2.34. The molecule has 3 heterocycles. The molecule has 0 spiro atoms. The summed E-state index contributed by atoms with van der Waals surface area (Å²) in [5.41, 5.74) is 1.83. The third-order valence-electron chi connectivity index (χ3n) is 4.80. The number of thiophene rings is 2. The molecule has 1 aromatic carbocycles. The Hall–Kier alpha value is -1.83. The number of hydrogen-bond donors (Lipinski definition) is 0. The lowest BCUT2D eigenvalue weighted by atomic mass is 9.97. The van der Waals surface area contributed by atoms with Gasteiger partial charge in [-0.1, -0.05) is 6.07 Å². The Morgan fingerprint density at radius 3 is 2.86 bits per heavy atom. The largest absolute Gasteiger partial charge is 0.493 e. The second-order valence-electron chi connectivity index (χ2n) is 6.39. The summed E-state index contributed by atoms with van der Waals surface area (Å²) in [6.07, 6.45) is 0.885. The number of methoxy groups -OCH3 is 1. The minimum Gasteiger partial charge on any atom is -0.493 e. The standard InChI is InChI=1S/C21H20BrNO3S2/c1-3-26-20-15(22)11-13(12-16(20)25-2)21(24)23-8-6-17-14(7-10-28-17)19(23)18-5-4-9-27-18/h4-5,7,9-12,19H,3,6,8H2,1-2H3.